The number of halogens is 1. The Labute approximate surface area is 152 Å². The maximum absolute atomic E-state index is 12.8. The molecule has 0 heterocycles. The molecule has 2 aromatic rings. The van der Waals surface area contributed by atoms with Gasteiger partial charge in [0.1, 0.15) is 11.6 Å². The Bertz CT molecular complexity index is 760. The molecule has 0 aliphatic heterocycles. The lowest BCUT2D eigenvalue weighted by Crippen LogP contribution is -2.37. The van der Waals surface area contributed by atoms with Crippen LogP contribution < -0.4 is 15.4 Å². The van der Waals surface area contributed by atoms with Gasteiger partial charge in [-0.1, -0.05) is 6.07 Å². The van der Waals surface area contributed by atoms with Crippen LogP contribution in [-0.4, -0.2) is 31.5 Å². The molecule has 0 radical (unpaired) electrons. The quantitative estimate of drug-likeness (QED) is 0.713. The summed E-state index contributed by atoms with van der Waals surface area (Å²) in [6.45, 7) is 4.67. The van der Waals surface area contributed by atoms with E-state index in [4.69, 9.17) is 4.74 Å². The van der Waals surface area contributed by atoms with E-state index in [9.17, 15) is 14.0 Å². The van der Waals surface area contributed by atoms with E-state index in [2.05, 4.69) is 10.6 Å². The summed E-state index contributed by atoms with van der Waals surface area (Å²) >= 11 is 0. The molecule has 0 fully saturated rings. The van der Waals surface area contributed by atoms with Gasteiger partial charge in [0, 0.05) is 12.1 Å². The molecule has 26 heavy (non-hydrogen) atoms. The number of ether oxygens (including phenoxy) is 1. The van der Waals surface area contributed by atoms with Crippen LogP contribution in [0.1, 0.15) is 27.9 Å². The molecule has 6 heteroatoms. The van der Waals surface area contributed by atoms with Gasteiger partial charge in [0.2, 0.25) is 5.91 Å². The third-order valence-electron chi connectivity index (χ3n) is 3.90. The Balaban J connectivity index is 1.61. The summed E-state index contributed by atoms with van der Waals surface area (Å²) in [6, 6.07) is 11.2. The molecule has 2 rings (SSSR count). The molecule has 0 spiro atoms. The number of carbonyl (C=O) groups is 2. The zero-order valence-electron chi connectivity index (χ0n) is 15.0. The Morgan fingerprint density at radius 2 is 1.73 bits per heavy atom. The van der Waals surface area contributed by atoms with Crippen molar-refractivity contribution in [3.05, 3.63) is 65.0 Å². The van der Waals surface area contributed by atoms with Crippen molar-refractivity contribution >= 4 is 11.8 Å². The van der Waals surface area contributed by atoms with E-state index in [-0.39, 0.29) is 24.2 Å². The van der Waals surface area contributed by atoms with Crippen molar-refractivity contribution in [3.8, 4) is 5.75 Å². The minimum Gasteiger partial charge on any atom is -0.494 e. The fourth-order valence-electron chi connectivity index (χ4n) is 2.23. The first-order valence-corrected chi connectivity index (χ1v) is 8.46. The van der Waals surface area contributed by atoms with E-state index < -0.39 is 0 Å². The van der Waals surface area contributed by atoms with Crippen molar-refractivity contribution in [3.63, 3.8) is 0 Å². The molecule has 0 bridgehead atoms. The first-order valence-electron chi connectivity index (χ1n) is 8.46. The fourth-order valence-corrected chi connectivity index (χ4v) is 2.23. The highest BCUT2D eigenvalue weighted by atomic mass is 19.1. The second kappa shape index (κ2) is 9.56. The zero-order valence-corrected chi connectivity index (χ0v) is 15.0. The maximum atomic E-state index is 12.8. The second-order valence-corrected chi connectivity index (χ2v) is 5.99. The van der Waals surface area contributed by atoms with Gasteiger partial charge in [-0.05, 0) is 67.8 Å². The lowest BCUT2D eigenvalue weighted by molar-refractivity contribution is -0.120. The van der Waals surface area contributed by atoms with Gasteiger partial charge in [0.05, 0.1) is 13.2 Å². The van der Waals surface area contributed by atoms with Gasteiger partial charge in [0.25, 0.3) is 5.91 Å². The van der Waals surface area contributed by atoms with Gasteiger partial charge in [-0.3, -0.25) is 9.59 Å². The highest BCUT2D eigenvalue weighted by Crippen LogP contribution is 2.11. The number of hydrogen-bond acceptors (Lipinski definition) is 3. The highest BCUT2D eigenvalue weighted by Gasteiger charge is 2.08. The monoisotopic (exact) mass is 358 g/mol. The number of amides is 2. The van der Waals surface area contributed by atoms with E-state index in [1.807, 2.05) is 19.9 Å². The number of aryl methyl sites for hydroxylation is 2. The molecule has 0 saturated heterocycles. The van der Waals surface area contributed by atoms with Crippen LogP contribution in [0.3, 0.4) is 0 Å². The van der Waals surface area contributed by atoms with Crippen molar-refractivity contribution in [1.82, 2.24) is 10.6 Å². The van der Waals surface area contributed by atoms with Crippen molar-refractivity contribution < 1.29 is 18.7 Å². The van der Waals surface area contributed by atoms with E-state index in [1.165, 1.54) is 12.1 Å². The summed E-state index contributed by atoms with van der Waals surface area (Å²) in [6.07, 6.45) is 0.605. The molecule has 2 amide bonds. The normalized spacial score (nSPS) is 10.3. The number of hydrogen-bond donors (Lipinski definition) is 2. The van der Waals surface area contributed by atoms with Crippen LogP contribution in [0.25, 0.3) is 0 Å². The molecule has 2 N–H and O–H groups in total. The van der Waals surface area contributed by atoms with Gasteiger partial charge >= 0.3 is 0 Å². The number of rotatable bonds is 8. The number of benzene rings is 2. The van der Waals surface area contributed by atoms with Crippen LogP contribution in [0, 0.1) is 19.7 Å². The average Bonchev–Trinajstić information content (AvgIpc) is 2.63. The SMILES string of the molecule is Cc1ccc(C(=O)NCC(=O)NCCCOc2ccc(F)cc2)cc1C. The molecule has 0 aliphatic rings. The molecular formula is C20H23FN2O3. The van der Waals surface area contributed by atoms with Crippen molar-refractivity contribution in [2.24, 2.45) is 0 Å². The summed E-state index contributed by atoms with van der Waals surface area (Å²) in [5.74, 6) is -0.266. The lowest BCUT2D eigenvalue weighted by Gasteiger charge is -2.09. The molecule has 2 aromatic carbocycles. The van der Waals surface area contributed by atoms with Crippen LogP contribution in [0.15, 0.2) is 42.5 Å². The first kappa shape index (κ1) is 19.4. The van der Waals surface area contributed by atoms with E-state index in [0.717, 1.165) is 11.1 Å². The topological polar surface area (TPSA) is 67.4 Å². The molecule has 0 unspecified atom stereocenters. The maximum Gasteiger partial charge on any atom is 0.251 e. The zero-order chi connectivity index (χ0) is 18.9. The van der Waals surface area contributed by atoms with Crippen molar-refractivity contribution in [2.75, 3.05) is 19.7 Å². The van der Waals surface area contributed by atoms with Gasteiger partial charge in [-0.2, -0.15) is 0 Å². The smallest absolute Gasteiger partial charge is 0.251 e. The third kappa shape index (κ3) is 6.20. The van der Waals surface area contributed by atoms with Gasteiger partial charge in [-0.15, -0.1) is 0 Å². The Kier molecular flexibility index (Phi) is 7.14. The summed E-state index contributed by atoms with van der Waals surface area (Å²) in [7, 11) is 0. The van der Waals surface area contributed by atoms with E-state index in [0.29, 0.717) is 30.9 Å². The predicted molar refractivity (Wildman–Crippen MR) is 97.8 cm³/mol. The minimum absolute atomic E-state index is 0.0788. The van der Waals surface area contributed by atoms with Crippen LogP contribution in [0.4, 0.5) is 4.39 Å². The Morgan fingerprint density at radius 1 is 1.00 bits per heavy atom. The minimum atomic E-state index is -0.313. The van der Waals surface area contributed by atoms with E-state index >= 15 is 0 Å². The highest BCUT2D eigenvalue weighted by molar-refractivity contribution is 5.96. The lowest BCUT2D eigenvalue weighted by atomic mass is 10.1. The van der Waals surface area contributed by atoms with Crippen molar-refractivity contribution in [2.45, 2.75) is 20.3 Å². The van der Waals surface area contributed by atoms with Crippen LogP contribution >= 0.6 is 0 Å². The van der Waals surface area contributed by atoms with E-state index in [1.54, 1.807) is 24.3 Å². The molecule has 0 aromatic heterocycles. The molecule has 0 saturated carbocycles. The van der Waals surface area contributed by atoms with Gasteiger partial charge in [0.15, 0.2) is 0 Å². The van der Waals surface area contributed by atoms with Crippen LogP contribution in [-0.2, 0) is 4.79 Å². The number of nitrogens with one attached hydrogen (secondary N) is 2. The summed E-state index contributed by atoms with van der Waals surface area (Å²) in [5.41, 5.74) is 2.68. The van der Waals surface area contributed by atoms with Crippen LogP contribution in [0.2, 0.25) is 0 Å². The van der Waals surface area contributed by atoms with Gasteiger partial charge in [-0.25, -0.2) is 4.39 Å². The second-order valence-electron chi connectivity index (χ2n) is 5.99. The summed E-state index contributed by atoms with van der Waals surface area (Å²) < 4.78 is 18.2. The largest absolute Gasteiger partial charge is 0.494 e. The fraction of sp³-hybridized carbons (Fsp3) is 0.300. The third-order valence-corrected chi connectivity index (χ3v) is 3.90. The first-order chi connectivity index (χ1) is 12.5. The molecule has 5 nitrogen and oxygen atoms in total. The molecular weight excluding hydrogens is 335 g/mol. The molecule has 0 aliphatic carbocycles. The van der Waals surface area contributed by atoms with Crippen molar-refractivity contribution in [1.29, 1.82) is 0 Å². The standard InChI is InChI=1S/C20H23FN2O3/c1-14-4-5-16(12-15(14)2)20(25)23-13-19(24)22-10-3-11-26-18-8-6-17(21)7-9-18/h4-9,12H,3,10-11,13H2,1-2H3,(H,22,24)(H,23,25). The molecule has 138 valence electrons. The Morgan fingerprint density at radius 3 is 2.42 bits per heavy atom. The van der Waals surface area contributed by atoms with Gasteiger partial charge < -0.3 is 15.4 Å². The average molecular weight is 358 g/mol. The summed E-state index contributed by atoms with van der Waals surface area (Å²) in [5, 5.41) is 5.31. The van der Waals surface area contributed by atoms with Crippen LogP contribution in [0.5, 0.6) is 5.75 Å². The Hall–Kier alpha value is -2.89. The number of carbonyl (C=O) groups excluding carboxylic acids is 2. The predicted octanol–water partition coefficient (Wildman–Crippen LogP) is 2.76. The molecule has 0 atom stereocenters. The summed E-state index contributed by atoms with van der Waals surface area (Å²) in [4.78, 5) is 23.8.